The Morgan fingerprint density at radius 3 is 2.17 bits per heavy atom. The summed E-state index contributed by atoms with van der Waals surface area (Å²) in [7, 11) is 2.07. The van der Waals surface area contributed by atoms with Crippen LogP contribution in [0.5, 0.6) is 0 Å². The van der Waals surface area contributed by atoms with E-state index in [9.17, 15) is 9.59 Å². The van der Waals surface area contributed by atoms with Crippen LogP contribution in [-0.2, 0) is 16.0 Å². The van der Waals surface area contributed by atoms with Gasteiger partial charge in [-0.3, -0.25) is 14.5 Å². The lowest BCUT2D eigenvalue weighted by molar-refractivity contribution is -0.137. The molecule has 5 nitrogen and oxygen atoms in total. The predicted molar refractivity (Wildman–Crippen MR) is 114 cm³/mol. The Morgan fingerprint density at radius 1 is 0.862 bits per heavy atom. The van der Waals surface area contributed by atoms with E-state index in [1.54, 1.807) is 12.1 Å². The number of carbonyl (C=O) groups excluding carboxylic acids is 2. The molecular weight excluding hydrogens is 386 g/mol. The van der Waals surface area contributed by atoms with Crippen molar-refractivity contribution in [2.45, 2.75) is 6.42 Å². The highest BCUT2D eigenvalue weighted by Gasteiger charge is 2.41. The molecule has 0 unspecified atom stereocenters. The number of imide groups is 1. The topological polar surface area (TPSA) is 43.9 Å². The first-order chi connectivity index (χ1) is 14.0. The van der Waals surface area contributed by atoms with Crippen LogP contribution in [0.2, 0.25) is 5.02 Å². The van der Waals surface area contributed by atoms with E-state index in [0.717, 1.165) is 37.3 Å². The number of hydrogen-bond donors (Lipinski definition) is 0. The molecule has 150 valence electrons. The van der Waals surface area contributed by atoms with Gasteiger partial charge in [-0.2, -0.15) is 0 Å². The molecule has 1 fully saturated rings. The fourth-order valence-electron chi connectivity index (χ4n) is 3.85. The summed E-state index contributed by atoms with van der Waals surface area (Å²) >= 11 is 6.04. The molecule has 2 amide bonds. The minimum absolute atomic E-state index is 0.194. The van der Waals surface area contributed by atoms with E-state index in [0.29, 0.717) is 29.3 Å². The van der Waals surface area contributed by atoms with Gasteiger partial charge in [0.25, 0.3) is 11.8 Å². The van der Waals surface area contributed by atoms with Crippen molar-refractivity contribution in [1.29, 1.82) is 0 Å². The number of likely N-dealkylation sites (N-methyl/N-ethyl adjacent to an activating group) is 1. The molecular formula is C23H24ClN3O2. The van der Waals surface area contributed by atoms with Crippen molar-refractivity contribution >= 4 is 29.0 Å². The lowest BCUT2D eigenvalue weighted by atomic mass is 10.0. The van der Waals surface area contributed by atoms with E-state index < -0.39 is 0 Å². The van der Waals surface area contributed by atoms with Gasteiger partial charge in [-0.25, -0.2) is 0 Å². The van der Waals surface area contributed by atoms with Gasteiger partial charge in [-0.1, -0.05) is 54.1 Å². The number of carbonyl (C=O) groups is 2. The Bertz CT molecular complexity index is 932. The summed E-state index contributed by atoms with van der Waals surface area (Å²) in [5.41, 5.74) is 2.86. The largest absolute Gasteiger partial charge is 0.364 e. The van der Waals surface area contributed by atoms with Crippen molar-refractivity contribution in [1.82, 2.24) is 14.7 Å². The van der Waals surface area contributed by atoms with Crippen molar-refractivity contribution in [2.24, 2.45) is 0 Å². The van der Waals surface area contributed by atoms with Gasteiger partial charge < -0.3 is 9.80 Å². The fraction of sp³-hybridized carbons (Fsp3) is 0.304. The van der Waals surface area contributed by atoms with Crippen molar-refractivity contribution in [3.8, 4) is 0 Å². The van der Waals surface area contributed by atoms with Crippen LogP contribution in [0.1, 0.15) is 11.1 Å². The van der Waals surface area contributed by atoms with E-state index >= 15 is 0 Å². The average Bonchev–Trinajstić information content (AvgIpc) is 2.98. The van der Waals surface area contributed by atoms with Gasteiger partial charge in [-0.15, -0.1) is 0 Å². The van der Waals surface area contributed by atoms with Crippen LogP contribution in [-0.4, -0.2) is 66.3 Å². The molecule has 0 spiro atoms. The SMILES string of the molecule is CN1CCN(C2=C(c3ccc(Cl)cc3)C(=O)N(CCc3ccccc3)C2=O)CC1. The first-order valence-electron chi connectivity index (χ1n) is 9.88. The van der Waals surface area contributed by atoms with Crippen LogP contribution in [0.3, 0.4) is 0 Å². The first kappa shape index (κ1) is 19.7. The smallest absolute Gasteiger partial charge is 0.277 e. The van der Waals surface area contributed by atoms with Crippen molar-refractivity contribution in [3.05, 3.63) is 76.4 Å². The predicted octanol–water partition coefficient (Wildman–Crippen LogP) is 2.91. The van der Waals surface area contributed by atoms with E-state index in [1.807, 2.05) is 42.5 Å². The third-order valence-corrected chi connectivity index (χ3v) is 5.81. The summed E-state index contributed by atoms with van der Waals surface area (Å²) in [5, 5.41) is 0.605. The summed E-state index contributed by atoms with van der Waals surface area (Å²) in [5.74, 6) is -0.414. The fourth-order valence-corrected chi connectivity index (χ4v) is 3.98. The second kappa shape index (κ2) is 8.39. The highest BCUT2D eigenvalue weighted by molar-refractivity contribution is 6.36. The summed E-state index contributed by atoms with van der Waals surface area (Å²) in [6, 6.07) is 17.1. The lowest BCUT2D eigenvalue weighted by Crippen LogP contribution is -2.46. The Hall–Kier alpha value is -2.63. The summed E-state index contributed by atoms with van der Waals surface area (Å²) in [6.45, 7) is 3.56. The van der Waals surface area contributed by atoms with Gasteiger partial charge in [0.2, 0.25) is 0 Å². The van der Waals surface area contributed by atoms with Gasteiger partial charge in [-0.05, 0) is 36.7 Å². The quantitative estimate of drug-likeness (QED) is 0.712. The van der Waals surface area contributed by atoms with Gasteiger partial charge >= 0.3 is 0 Å². The van der Waals surface area contributed by atoms with Gasteiger partial charge in [0.05, 0.1) is 5.57 Å². The van der Waals surface area contributed by atoms with Crippen LogP contribution in [0.25, 0.3) is 5.57 Å². The number of nitrogens with zero attached hydrogens (tertiary/aromatic N) is 3. The highest BCUT2D eigenvalue weighted by atomic mass is 35.5. The van der Waals surface area contributed by atoms with Crippen LogP contribution in [0.15, 0.2) is 60.3 Å². The third kappa shape index (κ3) is 4.07. The van der Waals surface area contributed by atoms with E-state index in [1.165, 1.54) is 4.90 Å². The zero-order valence-corrected chi connectivity index (χ0v) is 17.2. The normalized spacial score (nSPS) is 18.1. The molecule has 2 aromatic rings. The molecule has 1 saturated heterocycles. The molecule has 0 N–H and O–H groups in total. The summed E-state index contributed by atoms with van der Waals surface area (Å²) in [4.78, 5) is 32.3. The van der Waals surface area contributed by atoms with E-state index in [2.05, 4.69) is 16.8 Å². The standard InChI is InChI=1S/C23H24ClN3O2/c1-25-13-15-26(16-14-25)21-20(18-7-9-19(24)10-8-18)22(28)27(23(21)29)12-11-17-5-3-2-4-6-17/h2-10H,11-16H2,1H3. The third-order valence-electron chi connectivity index (χ3n) is 5.56. The Labute approximate surface area is 176 Å². The monoisotopic (exact) mass is 409 g/mol. The second-order valence-corrected chi connectivity index (χ2v) is 7.95. The lowest BCUT2D eigenvalue weighted by Gasteiger charge is -2.34. The maximum atomic E-state index is 13.3. The number of benzene rings is 2. The van der Waals surface area contributed by atoms with Crippen LogP contribution in [0.4, 0.5) is 0 Å². The first-order valence-corrected chi connectivity index (χ1v) is 10.3. The van der Waals surface area contributed by atoms with Crippen molar-refractivity contribution in [2.75, 3.05) is 39.8 Å². The van der Waals surface area contributed by atoms with Crippen molar-refractivity contribution in [3.63, 3.8) is 0 Å². The van der Waals surface area contributed by atoms with Crippen LogP contribution >= 0.6 is 11.6 Å². The van der Waals surface area contributed by atoms with E-state index in [4.69, 9.17) is 11.6 Å². The Morgan fingerprint density at radius 2 is 1.52 bits per heavy atom. The molecule has 0 aromatic heterocycles. The van der Waals surface area contributed by atoms with Crippen molar-refractivity contribution < 1.29 is 9.59 Å². The number of amides is 2. The number of rotatable bonds is 5. The second-order valence-electron chi connectivity index (χ2n) is 7.52. The molecule has 29 heavy (non-hydrogen) atoms. The molecule has 2 aliphatic heterocycles. The molecule has 4 rings (SSSR count). The molecule has 6 heteroatoms. The highest BCUT2D eigenvalue weighted by Crippen LogP contribution is 2.32. The molecule has 0 aliphatic carbocycles. The average molecular weight is 410 g/mol. The van der Waals surface area contributed by atoms with Gasteiger partial charge in [0.1, 0.15) is 5.70 Å². The molecule has 0 radical (unpaired) electrons. The summed E-state index contributed by atoms with van der Waals surface area (Å²) < 4.78 is 0. The minimum Gasteiger partial charge on any atom is -0.364 e. The van der Waals surface area contributed by atoms with Gasteiger partial charge in [0, 0.05) is 37.7 Å². The van der Waals surface area contributed by atoms with Crippen LogP contribution < -0.4 is 0 Å². The number of hydrogen-bond acceptors (Lipinski definition) is 4. The minimum atomic E-state index is -0.220. The molecule has 2 heterocycles. The number of halogens is 1. The Balaban J connectivity index is 1.65. The zero-order chi connectivity index (χ0) is 20.4. The molecule has 0 saturated carbocycles. The molecule has 0 bridgehead atoms. The van der Waals surface area contributed by atoms with Gasteiger partial charge in [0.15, 0.2) is 0 Å². The maximum absolute atomic E-state index is 13.3. The molecule has 0 atom stereocenters. The maximum Gasteiger partial charge on any atom is 0.277 e. The molecule has 2 aliphatic rings. The number of piperazine rings is 1. The van der Waals surface area contributed by atoms with Crippen LogP contribution in [0, 0.1) is 0 Å². The zero-order valence-electron chi connectivity index (χ0n) is 16.5. The van der Waals surface area contributed by atoms with E-state index in [-0.39, 0.29) is 11.8 Å². The summed E-state index contributed by atoms with van der Waals surface area (Å²) in [6.07, 6.45) is 0.641. The molecule has 2 aromatic carbocycles. The Kier molecular flexibility index (Phi) is 5.69.